The quantitative estimate of drug-likeness (QED) is 0.795. The molecule has 146 valence electrons. The standard InChI is InChI=1S/C17H22N4O5S/c1-12-4-3-9-21(10-12)27(23,24)14-7-5-13(6-8-14)16(22)18-17-20-19-15(26-17)11-25-2/h5-8,12H,3-4,9-11H2,1-2H3,(H,18,20,22). The maximum Gasteiger partial charge on any atom is 0.322 e. The van der Waals surface area contributed by atoms with Crippen molar-refractivity contribution in [2.75, 3.05) is 25.5 Å². The van der Waals surface area contributed by atoms with E-state index in [0.717, 1.165) is 12.8 Å². The van der Waals surface area contributed by atoms with Crippen molar-refractivity contribution in [2.45, 2.75) is 31.3 Å². The molecule has 2 heterocycles. The SMILES string of the molecule is COCc1nnc(NC(=O)c2ccc(S(=O)(=O)N3CCCC(C)C3)cc2)o1. The Hall–Kier alpha value is -2.30. The molecule has 1 saturated heterocycles. The fourth-order valence-electron chi connectivity index (χ4n) is 2.95. The molecule has 1 atom stereocenters. The van der Waals surface area contributed by atoms with Gasteiger partial charge in [-0.25, -0.2) is 8.42 Å². The van der Waals surface area contributed by atoms with Crippen molar-refractivity contribution in [1.29, 1.82) is 0 Å². The van der Waals surface area contributed by atoms with Crippen molar-refractivity contribution < 1.29 is 22.4 Å². The second-order valence-corrected chi connectivity index (χ2v) is 8.46. The van der Waals surface area contributed by atoms with Crippen LogP contribution in [0.2, 0.25) is 0 Å². The van der Waals surface area contributed by atoms with Gasteiger partial charge in [-0.15, -0.1) is 5.10 Å². The van der Waals surface area contributed by atoms with Crippen LogP contribution in [0.15, 0.2) is 33.6 Å². The molecule has 9 nitrogen and oxygen atoms in total. The summed E-state index contributed by atoms with van der Waals surface area (Å²) in [6.07, 6.45) is 1.89. The molecule has 27 heavy (non-hydrogen) atoms. The number of rotatable bonds is 6. The first-order chi connectivity index (χ1) is 12.9. The summed E-state index contributed by atoms with van der Waals surface area (Å²) >= 11 is 0. The summed E-state index contributed by atoms with van der Waals surface area (Å²) in [4.78, 5) is 12.4. The average molecular weight is 394 g/mol. The molecule has 1 aliphatic heterocycles. The zero-order valence-corrected chi connectivity index (χ0v) is 16.0. The molecule has 10 heteroatoms. The fourth-order valence-corrected chi connectivity index (χ4v) is 4.55. The van der Waals surface area contributed by atoms with Gasteiger partial charge >= 0.3 is 6.01 Å². The number of hydrogen-bond acceptors (Lipinski definition) is 7. The van der Waals surface area contributed by atoms with E-state index in [2.05, 4.69) is 15.5 Å². The number of sulfonamides is 1. The first kappa shape index (κ1) is 19.5. The number of nitrogens with one attached hydrogen (secondary N) is 1. The largest absolute Gasteiger partial charge is 0.405 e. The molecule has 0 aliphatic carbocycles. The number of amides is 1. The highest BCUT2D eigenvalue weighted by Gasteiger charge is 2.28. The van der Waals surface area contributed by atoms with Crippen LogP contribution in [-0.2, 0) is 21.4 Å². The van der Waals surface area contributed by atoms with Gasteiger partial charge in [0.2, 0.25) is 15.9 Å². The molecular formula is C17H22N4O5S. The van der Waals surface area contributed by atoms with Crippen molar-refractivity contribution in [3.8, 4) is 0 Å². The Bertz CT molecular complexity index is 894. The molecule has 1 unspecified atom stereocenters. The molecule has 3 rings (SSSR count). The van der Waals surface area contributed by atoms with Gasteiger partial charge in [-0.05, 0) is 43.0 Å². The van der Waals surface area contributed by atoms with Gasteiger partial charge in [0.1, 0.15) is 6.61 Å². The summed E-state index contributed by atoms with van der Waals surface area (Å²) in [6.45, 7) is 3.23. The van der Waals surface area contributed by atoms with Gasteiger partial charge in [0.25, 0.3) is 5.91 Å². The summed E-state index contributed by atoms with van der Waals surface area (Å²) in [5, 5.41) is 9.88. The minimum absolute atomic E-state index is 0.0500. The Morgan fingerprint density at radius 3 is 2.74 bits per heavy atom. The highest BCUT2D eigenvalue weighted by atomic mass is 32.2. The summed E-state index contributed by atoms with van der Waals surface area (Å²) in [5.74, 6) is 0.110. The number of nitrogens with zero attached hydrogens (tertiary/aromatic N) is 3. The van der Waals surface area contributed by atoms with E-state index in [0.29, 0.717) is 19.0 Å². The number of carbonyl (C=O) groups excluding carboxylic acids is 1. The molecule has 0 saturated carbocycles. The third-order valence-corrected chi connectivity index (χ3v) is 6.21. The second kappa shape index (κ2) is 8.15. The molecule has 1 aromatic heterocycles. The number of carbonyl (C=O) groups is 1. The van der Waals surface area contributed by atoms with E-state index in [-0.39, 0.29) is 29.0 Å². The Morgan fingerprint density at radius 2 is 2.07 bits per heavy atom. The predicted octanol–water partition coefficient (Wildman–Crippen LogP) is 1.89. The second-order valence-electron chi connectivity index (χ2n) is 6.52. The van der Waals surface area contributed by atoms with Crippen molar-refractivity contribution >= 4 is 21.9 Å². The van der Waals surface area contributed by atoms with E-state index in [9.17, 15) is 13.2 Å². The summed E-state index contributed by atoms with van der Waals surface area (Å²) in [7, 11) is -2.06. The highest BCUT2D eigenvalue weighted by Crippen LogP contribution is 2.23. The topological polar surface area (TPSA) is 115 Å². The number of anilines is 1. The lowest BCUT2D eigenvalue weighted by Gasteiger charge is -2.30. The van der Waals surface area contributed by atoms with Crippen LogP contribution in [0.5, 0.6) is 0 Å². The van der Waals surface area contributed by atoms with Crippen LogP contribution in [0.1, 0.15) is 36.0 Å². The van der Waals surface area contributed by atoms with E-state index in [1.54, 1.807) is 0 Å². The van der Waals surface area contributed by atoms with Crippen molar-refractivity contribution in [2.24, 2.45) is 5.92 Å². The molecule has 1 fully saturated rings. The first-order valence-corrected chi connectivity index (χ1v) is 10.1. The van der Waals surface area contributed by atoms with E-state index >= 15 is 0 Å². The van der Waals surface area contributed by atoms with Gasteiger partial charge in [-0.2, -0.15) is 4.31 Å². The minimum atomic E-state index is -3.55. The fraction of sp³-hybridized carbons (Fsp3) is 0.471. The smallest absolute Gasteiger partial charge is 0.322 e. The Morgan fingerprint density at radius 1 is 1.33 bits per heavy atom. The summed E-state index contributed by atoms with van der Waals surface area (Å²) < 4.78 is 37.1. The van der Waals surface area contributed by atoms with Crippen molar-refractivity contribution in [1.82, 2.24) is 14.5 Å². The van der Waals surface area contributed by atoms with E-state index < -0.39 is 15.9 Å². The number of hydrogen-bond donors (Lipinski definition) is 1. The summed E-state index contributed by atoms with van der Waals surface area (Å²) in [6, 6.07) is 5.75. The zero-order valence-electron chi connectivity index (χ0n) is 15.2. The van der Waals surface area contributed by atoms with Gasteiger partial charge < -0.3 is 9.15 Å². The molecule has 1 aromatic carbocycles. The molecule has 1 amide bonds. The molecule has 0 bridgehead atoms. The van der Waals surface area contributed by atoms with E-state index in [1.807, 2.05) is 6.92 Å². The highest BCUT2D eigenvalue weighted by molar-refractivity contribution is 7.89. The van der Waals surface area contributed by atoms with Crippen molar-refractivity contribution in [3.63, 3.8) is 0 Å². The van der Waals surface area contributed by atoms with Crippen LogP contribution in [0.25, 0.3) is 0 Å². The lowest BCUT2D eigenvalue weighted by molar-refractivity contribution is 0.102. The average Bonchev–Trinajstić information content (AvgIpc) is 3.09. The van der Waals surface area contributed by atoms with Crippen LogP contribution in [0.3, 0.4) is 0 Å². The molecular weight excluding hydrogens is 372 g/mol. The van der Waals surface area contributed by atoms with Crippen LogP contribution in [-0.4, -0.2) is 49.0 Å². The van der Waals surface area contributed by atoms with Gasteiger partial charge in [-0.1, -0.05) is 12.0 Å². The van der Waals surface area contributed by atoms with Gasteiger partial charge in [0.05, 0.1) is 4.90 Å². The maximum atomic E-state index is 12.7. The molecule has 2 aromatic rings. The Balaban J connectivity index is 1.69. The Labute approximate surface area is 157 Å². The number of benzene rings is 1. The molecule has 1 aliphatic rings. The first-order valence-electron chi connectivity index (χ1n) is 8.63. The zero-order chi connectivity index (χ0) is 19.4. The number of piperidine rings is 1. The van der Waals surface area contributed by atoms with Gasteiger partial charge in [0.15, 0.2) is 0 Å². The third kappa shape index (κ3) is 4.52. The Kier molecular flexibility index (Phi) is 5.88. The van der Waals surface area contributed by atoms with Crippen LogP contribution in [0.4, 0.5) is 6.01 Å². The molecule has 0 radical (unpaired) electrons. The molecule has 1 N–H and O–H groups in total. The normalized spacial score (nSPS) is 18.4. The predicted molar refractivity (Wildman–Crippen MR) is 96.6 cm³/mol. The lowest BCUT2D eigenvalue weighted by atomic mass is 10.0. The maximum absolute atomic E-state index is 12.7. The monoisotopic (exact) mass is 394 g/mol. The lowest BCUT2D eigenvalue weighted by Crippen LogP contribution is -2.39. The van der Waals surface area contributed by atoms with E-state index in [4.69, 9.17) is 9.15 Å². The summed E-state index contributed by atoms with van der Waals surface area (Å²) in [5.41, 5.74) is 0.285. The molecule has 0 spiro atoms. The van der Waals surface area contributed by atoms with E-state index in [1.165, 1.54) is 35.7 Å². The van der Waals surface area contributed by atoms with Gasteiger partial charge in [0, 0.05) is 25.8 Å². The van der Waals surface area contributed by atoms with Crippen molar-refractivity contribution in [3.05, 3.63) is 35.7 Å². The third-order valence-electron chi connectivity index (χ3n) is 4.33. The number of aromatic nitrogens is 2. The number of ether oxygens (including phenoxy) is 1. The minimum Gasteiger partial charge on any atom is -0.405 e. The number of methoxy groups -OCH3 is 1. The van der Waals surface area contributed by atoms with Gasteiger partial charge in [-0.3, -0.25) is 10.1 Å². The van der Waals surface area contributed by atoms with Crippen LogP contribution >= 0.6 is 0 Å². The van der Waals surface area contributed by atoms with Crippen LogP contribution in [0, 0.1) is 5.92 Å². The van der Waals surface area contributed by atoms with Crippen LogP contribution < -0.4 is 5.32 Å².